The Morgan fingerprint density at radius 3 is 2.51 bits per heavy atom. The number of amides is 2. The van der Waals surface area contributed by atoms with E-state index in [-0.39, 0.29) is 30.1 Å². The number of hydrogen-bond donors (Lipinski definition) is 2. The van der Waals surface area contributed by atoms with Crippen molar-refractivity contribution in [2.45, 2.75) is 52.4 Å². The van der Waals surface area contributed by atoms with Crippen molar-refractivity contribution in [2.24, 2.45) is 0 Å². The van der Waals surface area contributed by atoms with Gasteiger partial charge in [0.1, 0.15) is 17.7 Å². The number of aromatic nitrogens is 2. The molecule has 194 valence electrons. The molecule has 9 heteroatoms. The monoisotopic (exact) mass is 503 g/mol. The Morgan fingerprint density at radius 2 is 1.78 bits per heavy atom. The molecule has 4 rings (SSSR count). The normalized spacial score (nSPS) is 15.8. The van der Waals surface area contributed by atoms with Gasteiger partial charge in [-0.25, -0.2) is 9.97 Å². The Labute approximate surface area is 217 Å². The summed E-state index contributed by atoms with van der Waals surface area (Å²) in [5, 5.41) is 5.57. The van der Waals surface area contributed by atoms with Crippen LogP contribution in [0.5, 0.6) is 11.6 Å². The molecule has 1 saturated heterocycles. The summed E-state index contributed by atoms with van der Waals surface area (Å²) in [6.07, 6.45) is 4.35. The maximum atomic E-state index is 12.7. The SMILES string of the molecule is CC(=O)Nc1cc(C(=O)N[C@@H](C)c2ccc(OC3CCN(c4ccnc(OC(C)C)c4)C3)cc2)ccn1. The van der Waals surface area contributed by atoms with E-state index in [1.54, 1.807) is 18.3 Å². The van der Waals surface area contributed by atoms with E-state index >= 15 is 0 Å². The van der Waals surface area contributed by atoms with Gasteiger partial charge >= 0.3 is 0 Å². The van der Waals surface area contributed by atoms with Crippen molar-refractivity contribution in [1.82, 2.24) is 15.3 Å². The van der Waals surface area contributed by atoms with Gasteiger partial charge in [0.05, 0.1) is 18.7 Å². The van der Waals surface area contributed by atoms with Gasteiger partial charge in [-0.15, -0.1) is 0 Å². The predicted molar refractivity (Wildman–Crippen MR) is 142 cm³/mol. The first-order valence-electron chi connectivity index (χ1n) is 12.5. The second-order valence-electron chi connectivity index (χ2n) is 9.37. The van der Waals surface area contributed by atoms with Crippen LogP contribution in [0, 0.1) is 0 Å². The summed E-state index contributed by atoms with van der Waals surface area (Å²) < 4.78 is 12.0. The van der Waals surface area contributed by atoms with Crippen molar-refractivity contribution < 1.29 is 19.1 Å². The minimum Gasteiger partial charge on any atom is -0.489 e. The lowest BCUT2D eigenvalue weighted by Crippen LogP contribution is -2.27. The summed E-state index contributed by atoms with van der Waals surface area (Å²) in [6.45, 7) is 8.97. The van der Waals surface area contributed by atoms with Gasteiger partial charge in [0.25, 0.3) is 5.91 Å². The highest BCUT2D eigenvalue weighted by atomic mass is 16.5. The summed E-state index contributed by atoms with van der Waals surface area (Å²) >= 11 is 0. The molecule has 3 aromatic rings. The molecule has 0 bridgehead atoms. The standard InChI is InChI=1S/C28H33N5O4/c1-18(2)36-27-16-23(10-13-30-27)33-14-11-25(17-33)37-24-7-5-21(6-8-24)19(3)31-28(35)22-9-12-29-26(15-22)32-20(4)34/h5-10,12-13,15-16,18-19,25H,11,14,17H2,1-4H3,(H,31,35)(H,29,32,34)/t19-,25?/m0/s1. The molecule has 0 spiro atoms. The highest BCUT2D eigenvalue weighted by molar-refractivity contribution is 5.96. The Hall–Kier alpha value is -4.14. The zero-order valence-electron chi connectivity index (χ0n) is 21.6. The molecule has 1 aliphatic rings. The van der Waals surface area contributed by atoms with Gasteiger partial charge in [-0.1, -0.05) is 12.1 Å². The van der Waals surface area contributed by atoms with Gasteiger partial charge in [-0.3, -0.25) is 9.59 Å². The van der Waals surface area contributed by atoms with Crippen molar-refractivity contribution in [3.05, 3.63) is 72.1 Å². The summed E-state index contributed by atoms with van der Waals surface area (Å²) in [4.78, 5) is 34.6. The number of benzene rings is 1. The van der Waals surface area contributed by atoms with Gasteiger partial charge in [0.15, 0.2) is 0 Å². The van der Waals surface area contributed by atoms with Crippen molar-refractivity contribution >= 4 is 23.3 Å². The number of nitrogens with one attached hydrogen (secondary N) is 2. The number of carbonyl (C=O) groups is 2. The van der Waals surface area contributed by atoms with Crippen LogP contribution in [0.1, 0.15) is 56.1 Å². The molecular formula is C28H33N5O4. The average Bonchev–Trinajstić information content (AvgIpc) is 3.32. The van der Waals surface area contributed by atoms with Crippen LogP contribution in [-0.4, -0.2) is 47.1 Å². The molecule has 3 heterocycles. The first-order chi connectivity index (χ1) is 17.8. The molecule has 2 atom stereocenters. The fourth-order valence-electron chi connectivity index (χ4n) is 4.17. The zero-order valence-corrected chi connectivity index (χ0v) is 21.6. The van der Waals surface area contributed by atoms with Crippen LogP contribution in [0.4, 0.5) is 11.5 Å². The molecule has 2 aromatic heterocycles. The molecule has 0 saturated carbocycles. The predicted octanol–water partition coefficient (Wildman–Crippen LogP) is 4.37. The summed E-state index contributed by atoms with van der Waals surface area (Å²) in [5.74, 6) is 1.28. The number of hydrogen-bond acceptors (Lipinski definition) is 7. The fourth-order valence-corrected chi connectivity index (χ4v) is 4.17. The lowest BCUT2D eigenvalue weighted by Gasteiger charge is -2.20. The van der Waals surface area contributed by atoms with Gasteiger partial charge < -0.3 is 25.0 Å². The Balaban J connectivity index is 1.31. The molecule has 2 amide bonds. The van der Waals surface area contributed by atoms with Crippen LogP contribution < -0.4 is 25.0 Å². The lowest BCUT2D eigenvalue weighted by molar-refractivity contribution is -0.114. The van der Waals surface area contributed by atoms with Crippen LogP contribution >= 0.6 is 0 Å². The number of pyridine rings is 2. The van der Waals surface area contributed by atoms with Crippen LogP contribution in [0.2, 0.25) is 0 Å². The molecule has 37 heavy (non-hydrogen) atoms. The summed E-state index contributed by atoms with van der Waals surface area (Å²) in [6, 6.07) is 14.7. The second kappa shape index (κ2) is 11.7. The van der Waals surface area contributed by atoms with Gasteiger partial charge in [-0.2, -0.15) is 0 Å². The van der Waals surface area contributed by atoms with Crippen molar-refractivity contribution in [1.29, 1.82) is 0 Å². The maximum absolute atomic E-state index is 12.7. The van der Waals surface area contributed by atoms with E-state index in [0.29, 0.717) is 17.3 Å². The number of ether oxygens (including phenoxy) is 2. The van der Waals surface area contributed by atoms with E-state index in [1.165, 1.54) is 13.1 Å². The first kappa shape index (κ1) is 25.9. The topological polar surface area (TPSA) is 106 Å². The third kappa shape index (κ3) is 7.19. The lowest BCUT2D eigenvalue weighted by atomic mass is 10.1. The largest absolute Gasteiger partial charge is 0.489 e. The van der Waals surface area contributed by atoms with E-state index in [0.717, 1.165) is 36.5 Å². The summed E-state index contributed by atoms with van der Waals surface area (Å²) in [7, 11) is 0. The number of nitrogens with zero attached hydrogens (tertiary/aromatic N) is 3. The first-order valence-corrected chi connectivity index (χ1v) is 12.5. The Bertz CT molecular complexity index is 1230. The molecule has 0 aliphatic carbocycles. The van der Waals surface area contributed by atoms with E-state index in [2.05, 4.69) is 25.5 Å². The molecule has 2 N–H and O–H groups in total. The highest BCUT2D eigenvalue weighted by Gasteiger charge is 2.25. The molecule has 0 radical (unpaired) electrons. The third-order valence-electron chi connectivity index (χ3n) is 5.94. The second-order valence-corrected chi connectivity index (χ2v) is 9.37. The van der Waals surface area contributed by atoms with E-state index in [1.807, 2.05) is 57.2 Å². The number of rotatable bonds is 9. The van der Waals surface area contributed by atoms with Crippen LogP contribution in [-0.2, 0) is 4.79 Å². The molecule has 9 nitrogen and oxygen atoms in total. The van der Waals surface area contributed by atoms with Crippen molar-refractivity contribution in [3.63, 3.8) is 0 Å². The van der Waals surface area contributed by atoms with Gasteiger partial charge in [-0.05, 0) is 56.7 Å². The molecule has 1 unspecified atom stereocenters. The maximum Gasteiger partial charge on any atom is 0.251 e. The van der Waals surface area contributed by atoms with Crippen molar-refractivity contribution in [2.75, 3.05) is 23.3 Å². The quantitative estimate of drug-likeness (QED) is 0.447. The van der Waals surface area contributed by atoms with Gasteiger partial charge in [0, 0.05) is 49.6 Å². The van der Waals surface area contributed by atoms with E-state index in [9.17, 15) is 9.59 Å². The van der Waals surface area contributed by atoms with E-state index in [4.69, 9.17) is 9.47 Å². The Morgan fingerprint density at radius 1 is 1.03 bits per heavy atom. The molecular weight excluding hydrogens is 470 g/mol. The molecule has 1 fully saturated rings. The van der Waals surface area contributed by atoms with E-state index < -0.39 is 0 Å². The van der Waals surface area contributed by atoms with Crippen LogP contribution in [0.25, 0.3) is 0 Å². The summed E-state index contributed by atoms with van der Waals surface area (Å²) in [5.41, 5.74) is 2.46. The molecule has 1 aliphatic heterocycles. The minimum absolute atomic E-state index is 0.0787. The zero-order chi connectivity index (χ0) is 26.4. The smallest absolute Gasteiger partial charge is 0.251 e. The van der Waals surface area contributed by atoms with Crippen LogP contribution in [0.15, 0.2) is 60.9 Å². The third-order valence-corrected chi connectivity index (χ3v) is 5.94. The fraction of sp³-hybridized carbons (Fsp3) is 0.357. The van der Waals surface area contributed by atoms with Crippen molar-refractivity contribution in [3.8, 4) is 11.6 Å². The average molecular weight is 504 g/mol. The minimum atomic E-state index is -0.245. The number of carbonyl (C=O) groups excluding carboxylic acids is 2. The highest BCUT2D eigenvalue weighted by Crippen LogP contribution is 2.26. The number of anilines is 2. The molecule has 1 aromatic carbocycles. The van der Waals surface area contributed by atoms with Gasteiger partial charge in [0.2, 0.25) is 11.8 Å². The van der Waals surface area contributed by atoms with Crippen LogP contribution in [0.3, 0.4) is 0 Å². The Kier molecular flexibility index (Phi) is 8.22.